The Morgan fingerprint density at radius 2 is 1.47 bits per heavy atom. The second kappa shape index (κ2) is 8.27. The van der Waals surface area contributed by atoms with Crippen LogP contribution in [0.2, 0.25) is 0 Å². The van der Waals surface area contributed by atoms with Crippen LogP contribution in [0.3, 0.4) is 0 Å². The summed E-state index contributed by atoms with van der Waals surface area (Å²) in [6.07, 6.45) is 0. The predicted octanol–water partition coefficient (Wildman–Crippen LogP) is 5.41. The van der Waals surface area contributed by atoms with Gasteiger partial charge in [0.15, 0.2) is 0 Å². The van der Waals surface area contributed by atoms with Gasteiger partial charge in [-0.3, -0.25) is 4.79 Å². The van der Waals surface area contributed by atoms with Crippen molar-refractivity contribution in [2.75, 3.05) is 0 Å². The first-order valence-corrected chi connectivity index (χ1v) is 10.5. The third-order valence-electron chi connectivity index (χ3n) is 5.77. The van der Waals surface area contributed by atoms with Crippen LogP contribution in [0.5, 0.6) is 0 Å². The molecule has 0 saturated heterocycles. The minimum atomic E-state index is -0.298. The molecule has 0 atom stereocenters. The van der Waals surface area contributed by atoms with E-state index in [0.717, 1.165) is 33.3 Å². The van der Waals surface area contributed by atoms with Gasteiger partial charge in [-0.05, 0) is 42.3 Å². The van der Waals surface area contributed by atoms with E-state index in [1.165, 1.54) is 16.8 Å². The smallest absolute Gasteiger partial charge is 0.267 e. The number of hydrogen-bond acceptors (Lipinski definition) is 2. The molecule has 2 heterocycles. The minimum Gasteiger partial charge on any atom is -0.340 e. The Hall–Kier alpha value is -3.99. The van der Waals surface area contributed by atoms with Gasteiger partial charge in [0.25, 0.3) is 5.56 Å². The zero-order valence-electron chi connectivity index (χ0n) is 17.7. The maximum Gasteiger partial charge on any atom is 0.267 e. The largest absolute Gasteiger partial charge is 0.340 e. The lowest BCUT2D eigenvalue weighted by molar-refractivity contribution is 0.629. The van der Waals surface area contributed by atoms with E-state index in [1.807, 2.05) is 61.5 Å². The zero-order valence-corrected chi connectivity index (χ0v) is 17.7. The highest BCUT2D eigenvalue weighted by Crippen LogP contribution is 2.34. The lowest BCUT2D eigenvalue weighted by atomic mass is 10.1. The van der Waals surface area contributed by atoms with E-state index >= 15 is 0 Å². The van der Waals surface area contributed by atoms with Gasteiger partial charge in [-0.25, -0.2) is 9.07 Å². The van der Waals surface area contributed by atoms with E-state index in [9.17, 15) is 9.18 Å². The third kappa shape index (κ3) is 3.73. The summed E-state index contributed by atoms with van der Waals surface area (Å²) in [5.41, 5.74) is 5.39. The molecule has 0 amide bonds. The van der Waals surface area contributed by atoms with E-state index in [1.54, 1.807) is 12.1 Å². The van der Waals surface area contributed by atoms with E-state index in [-0.39, 0.29) is 11.4 Å². The molecule has 32 heavy (non-hydrogen) atoms. The predicted molar refractivity (Wildman–Crippen MR) is 125 cm³/mol. The molecule has 0 fully saturated rings. The summed E-state index contributed by atoms with van der Waals surface area (Å²) in [5.74, 6) is -0.298. The molecule has 0 aliphatic carbocycles. The number of aromatic nitrogens is 3. The summed E-state index contributed by atoms with van der Waals surface area (Å²) in [4.78, 5) is 12.5. The molecule has 0 unspecified atom stereocenters. The zero-order chi connectivity index (χ0) is 22.1. The lowest BCUT2D eigenvalue weighted by Gasteiger charge is -2.10. The van der Waals surface area contributed by atoms with Gasteiger partial charge in [0, 0.05) is 34.8 Å². The molecule has 0 spiro atoms. The van der Waals surface area contributed by atoms with Crippen molar-refractivity contribution in [3.8, 4) is 11.3 Å². The van der Waals surface area contributed by atoms with Crippen LogP contribution in [-0.2, 0) is 13.1 Å². The molecule has 5 heteroatoms. The Bertz CT molecular complexity index is 1450. The van der Waals surface area contributed by atoms with Crippen LogP contribution >= 0.6 is 0 Å². The summed E-state index contributed by atoms with van der Waals surface area (Å²) in [7, 11) is 0. The first-order chi connectivity index (χ1) is 15.6. The van der Waals surface area contributed by atoms with E-state index in [0.29, 0.717) is 18.8 Å². The number of halogens is 1. The van der Waals surface area contributed by atoms with Gasteiger partial charge in [-0.2, -0.15) is 5.10 Å². The van der Waals surface area contributed by atoms with Crippen LogP contribution in [0.15, 0.2) is 95.8 Å². The van der Waals surface area contributed by atoms with Crippen LogP contribution in [-0.4, -0.2) is 14.3 Å². The van der Waals surface area contributed by atoms with Crippen molar-refractivity contribution in [1.82, 2.24) is 14.3 Å². The Kier molecular flexibility index (Phi) is 5.15. The molecule has 5 aromatic rings. The number of fused-ring (bicyclic) bond motifs is 1. The molecular weight excluding hydrogens is 401 g/mol. The first-order valence-electron chi connectivity index (χ1n) is 10.5. The topological polar surface area (TPSA) is 39.8 Å². The fourth-order valence-corrected chi connectivity index (χ4v) is 4.20. The highest BCUT2D eigenvalue weighted by molar-refractivity contribution is 5.97. The third-order valence-corrected chi connectivity index (χ3v) is 5.77. The molecule has 4 nitrogen and oxygen atoms in total. The van der Waals surface area contributed by atoms with Crippen molar-refractivity contribution in [3.05, 3.63) is 124 Å². The Morgan fingerprint density at radius 1 is 0.812 bits per heavy atom. The second-order valence-corrected chi connectivity index (χ2v) is 7.89. The van der Waals surface area contributed by atoms with Crippen LogP contribution in [0, 0.1) is 12.7 Å². The molecule has 0 saturated carbocycles. The number of rotatable bonds is 5. The van der Waals surface area contributed by atoms with Crippen LogP contribution < -0.4 is 5.56 Å². The molecular formula is C27H22FN3O. The van der Waals surface area contributed by atoms with Crippen molar-refractivity contribution in [3.63, 3.8) is 0 Å². The number of hydrogen-bond donors (Lipinski definition) is 0. The lowest BCUT2D eigenvalue weighted by Crippen LogP contribution is -2.22. The average molecular weight is 423 g/mol. The molecule has 0 aliphatic rings. The molecule has 0 N–H and O–H groups in total. The van der Waals surface area contributed by atoms with Crippen LogP contribution in [0.4, 0.5) is 4.39 Å². The average Bonchev–Trinajstić information content (AvgIpc) is 3.07. The molecule has 0 radical (unpaired) electrons. The molecule has 0 bridgehead atoms. The first kappa shape index (κ1) is 19.9. The van der Waals surface area contributed by atoms with Crippen LogP contribution in [0.25, 0.3) is 22.2 Å². The normalized spacial score (nSPS) is 11.2. The maximum absolute atomic E-state index is 14.2. The van der Waals surface area contributed by atoms with Crippen LogP contribution in [0.1, 0.15) is 16.8 Å². The van der Waals surface area contributed by atoms with E-state index in [2.05, 4.69) is 21.8 Å². The second-order valence-electron chi connectivity index (χ2n) is 7.89. The summed E-state index contributed by atoms with van der Waals surface area (Å²) >= 11 is 0. The molecule has 3 aromatic carbocycles. The number of benzene rings is 3. The fourth-order valence-electron chi connectivity index (χ4n) is 4.20. The van der Waals surface area contributed by atoms with Gasteiger partial charge >= 0.3 is 0 Å². The highest BCUT2D eigenvalue weighted by Gasteiger charge is 2.18. The van der Waals surface area contributed by atoms with Crippen molar-refractivity contribution >= 4 is 10.9 Å². The Labute approximate surface area is 185 Å². The van der Waals surface area contributed by atoms with Gasteiger partial charge in [0.2, 0.25) is 0 Å². The van der Waals surface area contributed by atoms with Crippen molar-refractivity contribution < 1.29 is 4.39 Å². The SMILES string of the molecule is Cc1c(-c2ccc(=O)n(Cc3ccccc3)n2)c2cc(F)ccc2n1Cc1ccccc1. The molecule has 0 aliphatic heterocycles. The standard InChI is InChI=1S/C27H22FN3O/c1-19-27(24-13-15-26(32)31(29-24)18-21-10-6-3-7-11-21)23-16-22(28)12-14-25(23)30(19)17-20-8-4-2-5-9-20/h2-16H,17-18H2,1H3. The monoisotopic (exact) mass is 423 g/mol. The van der Waals surface area contributed by atoms with Crippen molar-refractivity contribution in [2.45, 2.75) is 20.0 Å². The Balaban J connectivity index is 1.66. The van der Waals surface area contributed by atoms with Gasteiger partial charge in [0.05, 0.1) is 12.2 Å². The van der Waals surface area contributed by atoms with Crippen molar-refractivity contribution in [2.24, 2.45) is 0 Å². The summed E-state index contributed by atoms with van der Waals surface area (Å²) in [5, 5.41) is 5.46. The summed E-state index contributed by atoms with van der Waals surface area (Å²) in [6, 6.07) is 28.0. The molecule has 5 rings (SSSR count). The maximum atomic E-state index is 14.2. The van der Waals surface area contributed by atoms with Gasteiger partial charge < -0.3 is 4.57 Å². The molecule has 2 aromatic heterocycles. The van der Waals surface area contributed by atoms with Gasteiger partial charge in [-0.15, -0.1) is 0 Å². The minimum absolute atomic E-state index is 0.172. The van der Waals surface area contributed by atoms with Crippen molar-refractivity contribution in [1.29, 1.82) is 0 Å². The van der Waals surface area contributed by atoms with Gasteiger partial charge in [0.1, 0.15) is 5.82 Å². The number of nitrogens with zero attached hydrogens (tertiary/aromatic N) is 3. The quantitative estimate of drug-likeness (QED) is 0.379. The Morgan fingerprint density at radius 3 is 2.16 bits per heavy atom. The molecule has 158 valence electrons. The fraction of sp³-hybridized carbons (Fsp3) is 0.111. The van der Waals surface area contributed by atoms with Gasteiger partial charge in [-0.1, -0.05) is 60.7 Å². The van der Waals surface area contributed by atoms with E-state index < -0.39 is 0 Å². The summed E-state index contributed by atoms with van der Waals surface area (Å²) in [6.45, 7) is 3.06. The highest BCUT2D eigenvalue weighted by atomic mass is 19.1. The van der Waals surface area contributed by atoms with E-state index in [4.69, 9.17) is 0 Å². The summed E-state index contributed by atoms with van der Waals surface area (Å²) < 4.78 is 17.9.